The monoisotopic (exact) mass is 202 g/mol. The maximum absolute atomic E-state index is 5.72. The van der Waals surface area contributed by atoms with Crippen molar-refractivity contribution >= 4 is 0 Å². The van der Waals surface area contributed by atoms with Crippen molar-refractivity contribution in [3.63, 3.8) is 0 Å². The summed E-state index contributed by atoms with van der Waals surface area (Å²) >= 11 is 0. The zero-order valence-electron chi connectivity index (χ0n) is 10.2. The van der Waals surface area contributed by atoms with Gasteiger partial charge in [-0.3, -0.25) is 0 Å². The van der Waals surface area contributed by atoms with Crippen LogP contribution < -0.4 is 0 Å². The van der Waals surface area contributed by atoms with Gasteiger partial charge >= 0.3 is 0 Å². The Morgan fingerprint density at radius 2 is 1.79 bits per heavy atom. The Bertz CT molecular complexity index is 115. The molecule has 0 amide bonds. The molecule has 0 N–H and O–H groups in total. The molecule has 2 unspecified atom stereocenters. The minimum Gasteiger partial charge on any atom is -0.376 e. The molecule has 0 aromatic carbocycles. The van der Waals surface area contributed by atoms with Crippen molar-refractivity contribution in [2.24, 2.45) is 0 Å². The Morgan fingerprint density at radius 3 is 2.29 bits per heavy atom. The molecule has 0 bridgehead atoms. The number of unbranched alkanes of at least 4 members (excludes halogenated alkanes) is 1. The second-order valence-corrected chi connectivity index (χ2v) is 3.77. The second-order valence-electron chi connectivity index (χ2n) is 3.77. The zero-order valence-corrected chi connectivity index (χ0v) is 10.2. The Hall–Kier alpha value is -0.0800. The Kier molecular flexibility index (Phi) is 9.42. The van der Waals surface area contributed by atoms with E-state index in [1.165, 1.54) is 19.3 Å². The van der Waals surface area contributed by atoms with E-state index >= 15 is 0 Å². The molecule has 2 heteroatoms. The van der Waals surface area contributed by atoms with Crippen LogP contribution in [-0.2, 0) is 9.47 Å². The highest BCUT2D eigenvalue weighted by molar-refractivity contribution is 4.56. The molecule has 0 saturated carbocycles. The second kappa shape index (κ2) is 9.47. The van der Waals surface area contributed by atoms with E-state index in [0.29, 0.717) is 6.10 Å². The normalized spacial score (nSPS) is 15.4. The number of hydrogen-bond donors (Lipinski definition) is 0. The molecule has 0 aromatic heterocycles. The van der Waals surface area contributed by atoms with Crippen LogP contribution >= 0.6 is 0 Å². The molecular weight excluding hydrogens is 176 g/mol. The minimum atomic E-state index is 0.282. The lowest BCUT2D eigenvalue weighted by Gasteiger charge is -2.18. The van der Waals surface area contributed by atoms with Crippen LogP contribution in [0.1, 0.15) is 53.4 Å². The summed E-state index contributed by atoms with van der Waals surface area (Å²) in [5, 5.41) is 0. The van der Waals surface area contributed by atoms with Crippen LogP contribution in [-0.4, -0.2) is 25.4 Å². The highest BCUT2D eigenvalue weighted by Crippen LogP contribution is 2.06. The smallest absolute Gasteiger partial charge is 0.0805 e. The minimum absolute atomic E-state index is 0.282. The van der Waals surface area contributed by atoms with Crippen LogP contribution in [0.2, 0.25) is 0 Å². The molecule has 86 valence electrons. The zero-order chi connectivity index (χ0) is 10.8. The van der Waals surface area contributed by atoms with E-state index in [9.17, 15) is 0 Å². The van der Waals surface area contributed by atoms with E-state index < -0.39 is 0 Å². The van der Waals surface area contributed by atoms with Gasteiger partial charge in [0.1, 0.15) is 0 Å². The predicted molar refractivity (Wildman–Crippen MR) is 60.6 cm³/mol. The van der Waals surface area contributed by atoms with Gasteiger partial charge in [-0.25, -0.2) is 0 Å². The maximum Gasteiger partial charge on any atom is 0.0805 e. The highest BCUT2D eigenvalue weighted by Gasteiger charge is 2.08. The fourth-order valence-corrected chi connectivity index (χ4v) is 1.37. The van der Waals surface area contributed by atoms with Crippen LogP contribution in [0.3, 0.4) is 0 Å². The fraction of sp³-hybridized carbons (Fsp3) is 1.00. The molecule has 0 aromatic rings. The number of ether oxygens (including phenoxy) is 2. The molecule has 0 aliphatic heterocycles. The van der Waals surface area contributed by atoms with E-state index in [1.807, 2.05) is 6.92 Å². The maximum atomic E-state index is 5.72. The van der Waals surface area contributed by atoms with Gasteiger partial charge in [0.25, 0.3) is 0 Å². The lowest BCUT2D eigenvalue weighted by atomic mass is 10.2. The molecule has 0 rings (SSSR count). The standard InChI is InChI=1S/C12H26O2/c1-5-8-9-11(4)14-10-12(6-2)13-7-3/h11-12H,5-10H2,1-4H3. The Morgan fingerprint density at radius 1 is 1.07 bits per heavy atom. The lowest BCUT2D eigenvalue weighted by Crippen LogP contribution is -2.22. The molecule has 0 aliphatic carbocycles. The van der Waals surface area contributed by atoms with Crippen LogP contribution in [0.25, 0.3) is 0 Å². The van der Waals surface area contributed by atoms with Gasteiger partial charge in [-0.05, 0) is 26.7 Å². The molecule has 0 fully saturated rings. The van der Waals surface area contributed by atoms with Gasteiger partial charge in [0, 0.05) is 6.61 Å². The van der Waals surface area contributed by atoms with Gasteiger partial charge in [-0.2, -0.15) is 0 Å². The summed E-state index contributed by atoms with van der Waals surface area (Å²) in [5.41, 5.74) is 0. The summed E-state index contributed by atoms with van der Waals surface area (Å²) in [7, 11) is 0. The molecule has 0 radical (unpaired) electrons. The molecule has 2 nitrogen and oxygen atoms in total. The summed E-state index contributed by atoms with van der Waals surface area (Å²) in [5.74, 6) is 0. The van der Waals surface area contributed by atoms with Gasteiger partial charge in [0.2, 0.25) is 0 Å². The molecule has 14 heavy (non-hydrogen) atoms. The van der Waals surface area contributed by atoms with Crippen molar-refractivity contribution in [3.8, 4) is 0 Å². The van der Waals surface area contributed by atoms with Crippen molar-refractivity contribution in [2.75, 3.05) is 13.2 Å². The van der Waals surface area contributed by atoms with Crippen molar-refractivity contribution in [1.29, 1.82) is 0 Å². The van der Waals surface area contributed by atoms with Crippen LogP contribution in [0.15, 0.2) is 0 Å². The first kappa shape index (κ1) is 13.9. The van der Waals surface area contributed by atoms with Crippen molar-refractivity contribution in [2.45, 2.75) is 65.6 Å². The summed E-state index contributed by atoms with van der Waals surface area (Å²) in [6.45, 7) is 10.1. The lowest BCUT2D eigenvalue weighted by molar-refractivity contribution is -0.0393. The SMILES string of the molecule is CCCCC(C)OCC(CC)OCC. The van der Waals surface area contributed by atoms with Gasteiger partial charge < -0.3 is 9.47 Å². The summed E-state index contributed by atoms with van der Waals surface area (Å²) in [4.78, 5) is 0. The Labute approximate surface area is 89.0 Å². The van der Waals surface area contributed by atoms with Crippen molar-refractivity contribution in [1.82, 2.24) is 0 Å². The third kappa shape index (κ3) is 7.34. The third-order valence-electron chi connectivity index (χ3n) is 2.39. The largest absolute Gasteiger partial charge is 0.376 e. The molecule has 2 atom stereocenters. The highest BCUT2D eigenvalue weighted by atomic mass is 16.5. The first-order chi connectivity index (χ1) is 6.74. The quantitative estimate of drug-likeness (QED) is 0.570. The average Bonchev–Trinajstić information content (AvgIpc) is 2.21. The number of hydrogen-bond acceptors (Lipinski definition) is 2. The predicted octanol–water partition coefficient (Wildman–Crippen LogP) is 3.40. The Balaban J connectivity index is 3.46. The van der Waals surface area contributed by atoms with Gasteiger partial charge in [-0.15, -0.1) is 0 Å². The van der Waals surface area contributed by atoms with Crippen molar-refractivity contribution in [3.05, 3.63) is 0 Å². The van der Waals surface area contributed by atoms with Crippen LogP contribution in [0, 0.1) is 0 Å². The molecule has 0 spiro atoms. The summed E-state index contributed by atoms with van der Waals surface area (Å²) < 4.78 is 11.2. The van der Waals surface area contributed by atoms with Crippen LogP contribution in [0.5, 0.6) is 0 Å². The number of rotatable bonds is 9. The fourth-order valence-electron chi connectivity index (χ4n) is 1.37. The van der Waals surface area contributed by atoms with E-state index in [-0.39, 0.29) is 6.10 Å². The first-order valence-electron chi connectivity index (χ1n) is 5.97. The third-order valence-corrected chi connectivity index (χ3v) is 2.39. The van der Waals surface area contributed by atoms with Crippen LogP contribution in [0.4, 0.5) is 0 Å². The van der Waals surface area contributed by atoms with E-state index in [0.717, 1.165) is 19.6 Å². The van der Waals surface area contributed by atoms with Gasteiger partial charge in [0.05, 0.1) is 18.8 Å². The topological polar surface area (TPSA) is 18.5 Å². The van der Waals surface area contributed by atoms with E-state index in [1.54, 1.807) is 0 Å². The summed E-state index contributed by atoms with van der Waals surface area (Å²) in [6, 6.07) is 0. The molecule has 0 aliphatic rings. The summed E-state index contributed by atoms with van der Waals surface area (Å²) in [6.07, 6.45) is 5.37. The molecular formula is C12H26O2. The first-order valence-corrected chi connectivity index (χ1v) is 5.97. The average molecular weight is 202 g/mol. The van der Waals surface area contributed by atoms with Crippen molar-refractivity contribution < 1.29 is 9.47 Å². The van der Waals surface area contributed by atoms with E-state index in [4.69, 9.17) is 9.47 Å². The van der Waals surface area contributed by atoms with E-state index in [2.05, 4.69) is 20.8 Å². The molecule has 0 saturated heterocycles. The van der Waals surface area contributed by atoms with Gasteiger partial charge in [0.15, 0.2) is 0 Å². The molecule has 0 heterocycles. The van der Waals surface area contributed by atoms with Gasteiger partial charge in [-0.1, -0.05) is 26.7 Å².